The van der Waals surface area contributed by atoms with Crippen LogP contribution in [-0.4, -0.2) is 36.2 Å². The van der Waals surface area contributed by atoms with Crippen molar-refractivity contribution in [3.05, 3.63) is 81.5 Å². The van der Waals surface area contributed by atoms with Crippen molar-refractivity contribution in [1.82, 2.24) is 24.4 Å². The molecule has 4 rings (SSSR count). The fourth-order valence-corrected chi connectivity index (χ4v) is 3.91. The molecule has 0 aliphatic heterocycles. The highest BCUT2D eigenvalue weighted by Crippen LogP contribution is 2.26. The minimum atomic E-state index is -0.732. The molecule has 0 fully saturated rings. The van der Waals surface area contributed by atoms with E-state index in [1.807, 2.05) is 12.1 Å². The van der Waals surface area contributed by atoms with Gasteiger partial charge in [0.2, 0.25) is 0 Å². The summed E-state index contributed by atoms with van der Waals surface area (Å²) < 4.78 is 3.15. The maximum atomic E-state index is 13.2. The van der Waals surface area contributed by atoms with Crippen LogP contribution in [-0.2, 0) is 6.42 Å². The van der Waals surface area contributed by atoms with Crippen LogP contribution >= 0.6 is 27.5 Å². The number of fused-ring (bicyclic) bond motifs is 1. The van der Waals surface area contributed by atoms with Crippen molar-refractivity contribution in [2.75, 3.05) is 5.32 Å². The van der Waals surface area contributed by atoms with Crippen LogP contribution < -0.4 is 11.1 Å². The third-order valence-corrected chi connectivity index (χ3v) is 5.35. The number of nitrogens with two attached hydrogens (primary N) is 1. The van der Waals surface area contributed by atoms with E-state index in [0.29, 0.717) is 27.1 Å². The first-order chi connectivity index (χ1) is 15.3. The Hall–Kier alpha value is -3.50. The van der Waals surface area contributed by atoms with E-state index in [4.69, 9.17) is 17.3 Å². The van der Waals surface area contributed by atoms with Crippen LogP contribution in [0.1, 0.15) is 32.2 Å². The second-order valence-electron chi connectivity index (χ2n) is 6.91. The summed E-state index contributed by atoms with van der Waals surface area (Å²) in [6.45, 7) is 5.48. The van der Waals surface area contributed by atoms with E-state index in [0.717, 1.165) is 5.69 Å². The monoisotopic (exact) mass is 513 g/mol. The molecule has 4 aromatic heterocycles. The number of rotatable bonds is 6. The maximum absolute atomic E-state index is 13.2. The Bertz CT molecular complexity index is 1390. The number of primary amides is 1. The Labute approximate surface area is 196 Å². The molecule has 2 amide bonds. The zero-order valence-electron chi connectivity index (χ0n) is 16.8. The van der Waals surface area contributed by atoms with Gasteiger partial charge in [-0.3, -0.25) is 9.59 Å². The van der Waals surface area contributed by atoms with E-state index in [-0.39, 0.29) is 22.9 Å². The van der Waals surface area contributed by atoms with Crippen LogP contribution in [0.15, 0.2) is 53.8 Å². The van der Waals surface area contributed by atoms with Crippen molar-refractivity contribution in [2.45, 2.75) is 13.3 Å². The number of amides is 2. The molecule has 0 radical (unpaired) electrons. The molecule has 162 valence electrons. The highest BCUT2D eigenvalue weighted by Gasteiger charge is 2.23. The minimum Gasteiger partial charge on any atom is -0.364 e. The van der Waals surface area contributed by atoms with Crippen LogP contribution in [0.5, 0.6) is 0 Å². The molecule has 0 saturated heterocycles. The zero-order valence-corrected chi connectivity index (χ0v) is 19.2. The fourth-order valence-electron chi connectivity index (χ4n) is 3.33. The zero-order chi connectivity index (χ0) is 23.0. The average molecular weight is 515 g/mol. The van der Waals surface area contributed by atoms with Crippen LogP contribution in [0.4, 0.5) is 5.69 Å². The predicted octanol–water partition coefficient (Wildman–Crippen LogP) is 3.72. The molecule has 9 nitrogen and oxygen atoms in total. The number of aryl methyl sites for hydroxylation is 1. The third kappa shape index (κ3) is 3.90. The highest BCUT2D eigenvalue weighted by molar-refractivity contribution is 9.10. The molecule has 11 heteroatoms. The number of anilines is 1. The lowest BCUT2D eigenvalue weighted by Crippen LogP contribution is -2.24. The third-order valence-electron chi connectivity index (χ3n) is 4.67. The van der Waals surface area contributed by atoms with E-state index in [1.54, 1.807) is 31.3 Å². The van der Waals surface area contributed by atoms with Crippen molar-refractivity contribution in [2.24, 2.45) is 5.73 Å². The largest absolute Gasteiger partial charge is 0.364 e. The number of carbonyl (C=O) groups is 2. The molecule has 4 aromatic rings. The van der Waals surface area contributed by atoms with Gasteiger partial charge in [-0.05, 0) is 52.7 Å². The summed E-state index contributed by atoms with van der Waals surface area (Å²) in [6, 6.07) is 8.48. The second-order valence-corrected chi connectivity index (χ2v) is 8.13. The molecule has 0 aliphatic rings. The fraction of sp³-hybridized carbons (Fsp3) is 0.0952. The normalized spacial score (nSPS) is 11.0. The summed E-state index contributed by atoms with van der Waals surface area (Å²) >= 11 is 9.52. The number of halogens is 2. The molecule has 0 bridgehead atoms. The number of hydrogen-bond acceptors (Lipinski definition) is 5. The quantitative estimate of drug-likeness (QED) is 0.380. The molecular formula is C21H17BrClN7O2. The molecule has 0 saturated carbocycles. The first-order valence-electron chi connectivity index (χ1n) is 9.41. The number of nitrogens with zero attached hydrogens (tertiary/aromatic N) is 5. The molecular weight excluding hydrogens is 498 g/mol. The van der Waals surface area contributed by atoms with Gasteiger partial charge in [0.25, 0.3) is 11.8 Å². The molecule has 4 heterocycles. The van der Waals surface area contributed by atoms with Crippen LogP contribution in [0, 0.1) is 6.92 Å². The summed E-state index contributed by atoms with van der Waals surface area (Å²) in [5.41, 5.74) is 8.17. The first kappa shape index (κ1) is 21.7. The van der Waals surface area contributed by atoms with E-state index in [9.17, 15) is 9.59 Å². The molecule has 0 spiro atoms. The van der Waals surface area contributed by atoms with Crippen molar-refractivity contribution in [3.63, 3.8) is 0 Å². The molecule has 0 unspecified atom stereocenters. The van der Waals surface area contributed by atoms with Crippen molar-refractivity contribution >= 4 is 50.5 Å². The minimum absolute atomic E-state index is 0.0599. The van der Waals surface area contributed by atoms with Crippen molar-refractivity contribution < 1.29 is 9.59 Å². The lowest BCUT2D eigenvalue weighted by molar-refractivity contribution is 0.0994. The lowest BCUT2D eigenvalue weighted by atomic mass is 10.1. The summed E-state index contributed by atoms with van der Waals surface area (Å²) in [6.07, 6.45) is 3.78. The van der Waals surface area contributed by atoms with E-state index >= 15 is 0 Å². The van der Waals surface area contributed by atoms with E-state index in [2.05, 4.69) is 43.0 Å². The van der Waals surface area contributed by atoms with Gasteiger partial charge in [0, 0.05) is 18.7 Å². The molecule has 3 N–H and O–H groups in total. The molecule has 0 aliphatic carbocycles. The Morgan fingerprint density at radius 2 is 2.09 bits per heavy atom. The van der Waals surface area contributed by atoms with E-state index in [1.165, 1.54) is 15.3 Å². The van der Waals surface area contributed by atoms with Gasteiger partial charge in [-0.15, -0.1) is 6.58 Å². The van der Waals surface area contributed by atoms with Gasteiger partial charge >= 0.3 is 0 Å². The standard InChI is InChI=1S/C21H17BrClN7O2/c1-3-5-12-9-13-8-11(2)17(18(19(24)31)29(13)27-12)26-21(32)15-10-16(22)28-30(15)20-14(23)6-4-7-25-20/h3-4,6-10H,1,5H2,2H3,(H2,24,31)(H,26,32). The highest BCUT2D eigenvalue weighted by atomic mass is 79.9. The van der Waals surface area contributed by atoms with Gasteiger partial charge in [0.05, 0.1) is 21.9 Å². The summed E-state index contributed by atoms with van der Waals surface area (Å²) in [4.78, 5) is 29.8. The topological polar surface area (TPSA) is 120 Å². The lowest BCUT2D eigenvalue weighted by Gasteiger charge is -2.14. The Morgan fingerprint density at radius 1 is 1.31 bits per heavy atom. The summed E-state index contributed by atoms with van der Waals surface area (Å²) in [5.74, 6) is -0.980. The first-order valence-corrected chi connectivity index (χ1v) is 10.6. The van der Waals surface area contributed by atoms with Gasteiger partial charge in [0.15, 0.2) is 11.5 Å². The van der Waals surface area contributed by atoms with Gasteiger partial charge in [0.1, 0.15) is 10.3 Å². The van der Waals surface area contributed by atoms with Crippen molar-refractivity contribution in [3.8, 4) is 5.82 Å². The smallest absolute Gasteiger partial charge is 0.274 e. The van der Waals surface area contributed by atoms with Crippen LogP contribution in [0.25, 0.3) is 11.3 Å². The van der Waals surface area contributed by atoms with Crippen LogP contribution in [0.3, 0.4) is 0 Å². The number of nitrogens with one attached hydrogen (secondary N) is 1. The Morgan fingerprint density at radius 3 is 2.78 bits per heavy atom. The van der Waals surface area contributed by atoms with Crippen LogP contribution in [0.2, 0.25) is 5.02 Å². The summed E-state index contributed by atoms with van der Waals surface area (Å²) in [5, 5.41) is 11.8. The van der Waals surface area contributed by atoms with E-state index < -0.39 is 11.8 Å². The van der Waals surface area contributed by atoms with Gasteiger partial charge in [-0.25, -0.2) is 14.2 Å². The number of aromatic nitrogens is 5. The number of allylic oxidation sites excluding steroid dienone is 1. The average Bonchev–Trinajstić information content (AvgIpc) is 3.31. The Kier molecular flexibility index (Phi) is 5.81. The molecule has 0 atom stereocenters. The molecule has 0 aromatic carbocycles. The molecule has 32 heavy (non-hydrogen) atoms. The maximum Gasteiger partial charge on any atom is 0.274 e. The number of hydrogen-bond donors (Lipinski definition) is 2. The Balaban J connectivity index is 1.81. The van der Waals surface area contributed by atoms with Gasteiger partial charge in [-0.1, -0.05) is 17.7 Å². The second kappa shape index (κ2) is 8.56. The summed E-state index contributed by atoms with van der Waals surface area (Å²) in [7, 11) is 0. The number of carbonyl (C=O) groups excluding carboxylic acids is 2. The van der Waals surface area contributed by atoms with Gasteiger partial charge < -0.3 is 11.1 Å². The van der Waals surface area contributed by atoms with Crippen molar-refractivity contribution in [1.29, 1.82) is 0 Å². The predicted molar refractivity (Wildman–Crippen MR) is 124 cm³/mol. The SMILES string of the molecule is C=CCc1cc2cc(C)c(NC(=O)c3cc(Br)nn3-c3ncccc3Cl)c(C(N)=O)n2n1. The number of pyridine rings is 2. The van der Waals surface area contributed by atoms with Gasteiger partial charge in [-0.2, -0.15) is 10.2 Å².